The van der Waals surface area contributed by atoms with Crippen molar-refractivity contribution in [3.8, 4) is 5.88 Å². The minimum absolute atomic E-state index is 0.0608. The van der Waals surface area contributed by atoms with E-state index in [2.05, 4.69) is 9.98 Å². The number of benzene rings is 1. The van der Waals surface area contributed by atoms with Gasteiger partial charge in [-0.15, -0.1) is 0 Å². The molecule has 196 valence electrons. The van der Waals surface area contributed by atoms with Gasteiger partial charge in [0.05, 0.1) is 25.6 Å². The van der Waals surface area contributed by atoms with E-state index in [1.165, 1.54) is 12.0 Å². The van der Waals surface area contributed by atoms with Gasteiger partial charge >= 0.3 is 5.97 Å². The van der Waals surface area contributed by atoms with Crippen molar-refractivity contribution in [2.45, 2.75) is 39.5 Å². The molecule has 0 saturated carbocycles. The van der Waals surface area contributed by atoms with Gasteiger partial charge in [0.15, 0.2) is 0 Å². The average Bonchev–Trinajstić information content (AvgIpc) is 2.92. The Morgan fingerprint density at radius 1 is 1.22 bits per heavy atom. The summed E-state index contributed by atoms with van der Waals surface area (Å²) in [6.07, 6.45) is 4.96. The lowest BCUT2D eigenvalue weighted by Crippen LogP contribution is -2.35. The van der Waals surface area contributed by atoms with Gasteiger partial charge in [-0.2, -0.15) is 0 Å². The Balaban J connectivity index is 1.81. The summed E-state index contributed by atoms with van der Waals surface area (Å²) in [6, 6.07) is 10.7. The van der Waals surface area contributed by atoms with Crippen LogP contribution in [0.25, 0.3) is 0 Å². The van der Waals surface area contributed by atoms with Crippen molar-refractivity contribution in [2.24, 2.45) is 10.7 Å². The predicted octanol–water partition coefficient (Wildman–Crippen LogP) is 3.53. The number of rotatable bonds is 11. The molecular formula is C27H33N5O5. The number of pyridine rings is 1. The molecule has 0 unspecified atom stereocenters. The average molecular weight is 508 g/mol. The van der Waals surface area contributed by atoms with Crippen LogP contribution in [0, 0.1) is 0 Å². The molecule has 10 nitrogen and oxygen atoms in total. The van der Waals surface area contributed by atoms with Crippen LogP contribution in [0.4, 0.5) is 17.1 Å². The van der Waals surface area contributed by atoms with Gasteiger partial charge < -0.3 is 25.0 Å². The minimum atomic E-state index is -0.645. The monoisotopic (exact) mass is 507 g/mol. The quantitative estimate of drug-likeness (QED) is 0.213. The number of nitrogens with two attached hydrogens (primary N) is 1. The van der Waals surface area contributed by atoms with Crippen LogP contribution in [-0.2, 0) is 19.1 Å². The van der Waals surface area contributed by atoms with Crippen molar-refractivity contribution in [1.29, 1.82) is 0 Å². The zero-order chi connectivity index (χ0) is 26.8. The summed E-state index contributed by atoms with van der Waals surface area (Å²) >= 11 is 0. The number of carbonyl (C=O) groups excluding carboxylic acids is 3. The second-order valence-electron chi connectivity index (χ2n) is 8.44. The van der Waals surface area contributed by atoms with Gasteiger partial charge in [-0.1, -0.05) is 0 Å². The van der Waals surface area contributed by atoms with Crippen molar-refractivity contribution in [2.75, 3.05) is 36.6 Å². The number of anilines is 2. The molecule has 1 fully saturated rings. The number of aromatic nitrogens is 1. The number of esters is 1. The van der Waals surface area contributed by atoms with Crippen molar-refractivity contribution in [3.63, 3.8) is 0 Å². The van der Waals surface area contributed by atoms with E-state index in [1.54, 1.807) is 49.2 Å². The molecular weight excluding hydrogens is 474 g/mol. The topological polar surface area (TPSA) is 127 Å². The molecule has 0 aliphatic carbocycles. The first-order valence-corrected chi connectivity index (χ1v) is 12.2. The molecule has 2 heterocycles. The van der Waals surface area contributed by atoms with Crippen LogP contribution in [0.15, 0.2) is 58.9 Å². The molecule has 1 aliphatic heterocycles. The van der Waals surface area contributed by atoms with E-state index < -0.39 is 5.97 Å². The Morgan fingerprint density at radius 3 is 2.57 bits per heavy atom. The summed E-state index contributed by atoms with van der Waals surface area (Å²) in [5, 5.41) is 0. The Bertz CT molecular complexity index is 1160. The first-order chi connectivity index (χ1) is 17.9. The van der Waals surface area contributed by atoms with Crippen LogP contribution in [0.5, 0.6) is 5.88 Å². The summed E-state index contributed by atoms with van der Waals surface area (Å²) in [5.41, 5.74) is 9.11. The highest BCUT2D eigenvalue weighted by Gasteiger charge is 2.20. The van der Waals surface area contributed by atoms with E-state index in [4.69, 9.17) is 15.2 Å². The van der Waals surface area contributed by atoms with Crippen LogP contribution in [0.1, 0.15) is 39.5 Å². The molecule has 0 bridgehead atoms. The van der Waals surface area contributed by atoms with Crippen molar-refractivity contribution < 1.29 is 23.9 Å². The fraction of sp³-hybridized carbons (Fsp3) is 0.370. The highest BCUT2D eigenvalue weighted by Crippen LogP contribution is 2.25. The number of hydrogen-bond donors (Lipinski definition) is 1. The lowest BCUT2D eigenvalue weighted by molar-refractivity contribution is -0.138. The molecule has 3 rings (SSSR count). The molecule has 2 aromatic rings. The maximum Gasteiger partial charge on any atom is 0.354 e. The molecule has 10 heteroatoms. The van der Waals surface area contributed by atoms with Gasteiger partial charge in [0.1, 0.15) is 5.70 Å². The van der Waals surface area contributed by atoms with E-state index in [1.807, 2.05) is 12.1 Å². The molecule has 1 aromatic heterocycles. The Kier molecular flexibility index (Phi) is 9.76. The molecule has 1 saturated heterocycles. The van der Waals surface area contributed by atoms with Gasteiger partial charge in [0.25, 0.3) is 0 Å². The molecule has 1 aromatic carbocycles. The van der Waals surface area contributed by atoms with Crippen LogP contribution >= 0.6 is 0 Å². The van der Waals surface area contributed by atoms with Crippen LogP contribution in [0.2, 0.25) is 0 Å². The fourth-order valence-electron chi connectivity index (χ4n) is 4.04. The molecule has 2 N–H and O–H groups in total. The van der Waals surface area contributed by atoms with Crippen LogP contribution in [-0.4, -0.2) is 55.8 Å². The van der Waals surface area contributed by atoms with Crippen LogP contribution < -0.4 is 20.3 Å². The SMILES string of the molecule is CCOC(=O)C(N)=C(CCN(C=O)c1ccc(N2CCCCC2=O)cc1)C(C)=Nc1ccc(OC)nc1. The van der Waals surface area contributed by atoms with Gasteiger partial charge in [0.2, 0.25) is 18.2 Å². The fourth-order valence-corrected chi connectivity index (χ4v) is 4.04. The summed E-state index contributed by atoms with van der Waals surface area (Å²) < 4.78 is 10.2. The third-order valence-corrected chi connectivity index (χ3v) is 6.03. The summed E-state index contributed by atoms with van der Waals surface area (Å²) in [6.45, 7) is 4.55. The molecule has 2 amide bonds. The van der Waals surface area contributed by atoms with Crippen LogP contribution in [0.3, 0.4) is 0 Å². The Labute approximate surface area is 216 Å². The first-order valence-electron chi connectivity index (χ1n) is 12.2. The standard InChI is InChI=1S/C27H33N5O5/c1-4-37-27(35)26(28)23(19(2)30-20-8-13-24(36-3)29-17-20)14-16-31(18-33)21-9-11-22(12-10-21)32-15-6-5-7-25(32)34/h8-13,17-18H,4-7,14-16,28H2,1-3H3. The smallest absolute Gasteiger partial charge is 0.354 e. The number of methoxy groups -OCH3 is 1. The highest BCUT2D eigenvalue weighted by atomic mass is 16.5. The Morgan fingerprint density at radius 2 is 1.97 bits per heavy atom. The number of aliphatic imine (C=N–C) groups is 1. The molecule has 0 atom stereocenters. The normalized spacial score (nSPS) is 14.6. The van der Waals surface area contributed by atoms with Gasteiger partial charge in [0, 0.05) is 48.2 Å². The Hall–Kier alpha value is -4.21. The lowest BCUT2D eigenvalue weighted by Gasteiger charge is -2.27. The second kappa shape index (κ2) is 13.2. The van der Waals surface area contributed by atoms with E-state index in [-0.39, 0.29) is 31.2 Å². The lowest BCUT2D eigenvalue weighted by atomic mass is 10.0. The van der Waals surface area contributed by atoms with Gasteiger partial charge in [-0.25, -0.2) is 9.78 Å². The molecule has 37 heavy (non-hydrogen) atoms. The number of piperidine rings is 1. The number of carbonyl (C=O) groups is 3. The zero-order valence-corrected chi connectivity index (χ0v) is 21.5. The van der Waals surface area contributed by atoms with E-state index in [0.29, 0.717) is 41.5 Å². The number of amides is 2. The second-order valence-corrected chi connectivity index (χ2v) is 8.44. The van der Waals surface area contributed by atoms with Crippen molar-refractivity contribution >= 4 is 41.1 Å². The maximum atomic E-state index is 12.4. The minimum Gasteiger partial charge on any atom is -0.481 e. The van der Waals surface area contributed by atoms with Crippen molar-refractivity contribution in [3.05, 3.63) is 53.9 Å². The first kappa shape index (κ1) is 27.4. The number of hydrogen-bond acceptors (Lipinski definition) is 8. The maximum absolute atomic E-state index is 12.4. The molecule has 1 aliphatic rings. The summed E-state index contributed by atoms with van der Waals surface area (Å²) in [4.78, 5) is 48.6. The molecule has 0 radical (unpaired) electrons. The zero-order valence-electron chi connectivity index (χ0n) is 21.5. The third kappa shape index (κ3) is 7.16. The van der Waals surface area contributed by atoms with Crippen molar-refractivity contribution in [1.82, 2.24) is 4.98 Å². The highest BCUT2D eigenvalue weighted by molar-refractivity contribution is 6.06. The van der Waals surface area contributed by atoms with Gasteiger partial charge in [-0.3, -0.25) is 14.6 Å². The van der Waals surface area contributed by atoms with Gasteiger partial charge in [-0.05, 0) is 63.4 Å². The largest absolute Gasteiger partial charge is 0.481 e. The third-order valence-electron chi connectivity index (χ3n) is 6.03. The van der Waals surface area contributed by atoms with E-state index >= 15 is 0 Å². The van der Waals surface area contributed by atoms with E-state index in [0.717, 1.165) is 24.9 Å². The molecule has 0 spiro atoms. The predicted molar refractivity (Wildman–Crippen MR) is 142 cm³/mol. The number of nitrogens with zero attached hydrogens (tertiary/aromatic N) is 4. The van der Waals surface area contributed by atoms with E-state index in [9.17, 15) is 14.4 Å². The number of ether oxygens (including phenoxy) is 2. The summed E-state index contributed by atoms with van der Waals surface area (Å²) in [7, 11) is 1.52. The summed E-state index contributed by atoms with van der Waals surface area (Å²) in [5.74, 6) is -0.0823.